The number of carbonyl (C=O) groups excluding carboxylic acids is 2. The van der Waals surface area contributed by atoms with Crippen LogP contribution in [0.4, 0.5) is 0 Å². The van der Waals surface area contributed by atoms with E-state index in [0.29, 0.717) is 30.5 Å². The van der Waals surface area contributed by atoms with Gasteiger partial charge in [0.1, 0.15) is 0 Å². The van der Waals surface area contributed by atoms with Gasteiger partial charge in [-0.3, -0.25) is 14.3 Å². The molecule has 0 unspecified atom stereocenters. The number of rotatable bonds is 3. The van der Waals surface area contributed by atoms with Crippen molar-refractivity contribution in [2.45, 2.75) is 25.8 Å². The van der Waals surface area contributed by atoms with Crippen molar-refractivity contribution in [1.29, 1.82) is 5.26 Å². The van der Waals surface area contributed by atoms with Crippen LogP contribution in [0.3, 0.4) is 0 Å². The lowest BCUT2D eigenvalue weighted by atomic mass is 9.94. The fraction of sp³-hybridized carbons (Fsp3) is 0.250. The van der Waals surface area contributed by atoms with Gasteiger partial charge in [-0.25, -0.2) is 0 Å². The van der Waals surface area contributed by atoms with E-state index in [2.05, 4.69) is 11.2 Å². The average Bonchev–Trinajstić information content (AvgIpc) is 2.88. The molecule has 0 aliphatic heterocycles. The van der Waals surface area contributed by atoms with Crippen LogP contribution < -0.4 is 5.73 Å². The van der Waals surface area contributed by atoms with Crippen LogP contribution in [-0.4, -0.2) is 21.5 Å². The number of carbonyl (C=O) groups is 2. The highest BCUT2D eigenvalue weighted by molar-refractivity contribution is 6.07. The molecule has 2 aromatic rings. The molecule has 6 heteroatoms. The van der Waals surface area contributed by atoms with Crippen LogP contribution in [0.2, 0.25) is 0 Å². The molecule has 1 heterocycles. The predicted molar refractivity (Wildman–Crippen MR) is 78.3 cm³/mol. The summed E-state index contributed by atoms with van der Waals surface area (Å²) in [7, 11) is 0. The van der Waals surface area contributed by atoms with E-state index in [0.717, 1.165) is 17.7 Å². The molecule has 0 saturated heterocycles. The van der Waals surface area contributed by atoms with E-state index >= 15 is 0 Å². The quantitative estimate of drug-likeness (QED) is 0.924. The van der Waals surface area contributed by atoms with Crippen molar-refractivity contribution < 1.29 is 9.59 Å². The van der Waals surface area contributed by atoms with E-state index in [1.54, 1.807) is 22.9 Å². The minimum atomic E-state index is -0.684. The number of ketones is 1. The highest BCUT2D eigenvalue weighted by Gasteiger charge is 2.29. The summed E-state index contributed by atoms with van der Waals surface area (Å²) in [6.45, 7) is 0.401. The molecule has 0 bridgehead atoms. The maximum absolute atomic E-state index is 12.1. The third-order valence-electron chi connectivity index (χ3n) is 3.78. The van der Waals surface area contributed by atoms with Crippen LogP contribution >= 0.6 is 0 Å². The second-order valence-corrected chi connectivity index (χ2v) is 5.28. The summed E-state index contributed by atoms with van der Waals surface area (Å²) < 4.78 is 1.66. The molecule has 6 nitrogen and oxygen atoms in total. The Balaban J connectivity index is 2.04. The number of nitriles is 1. The largest absolute Gasteiger partial charge is 0.364 e. The highest BCUT2D eigenvalue weighted by Crippen LogP contribution is 2.25. The second kappa shape index (κ2) is 5.45. The average molecular weight is 294 g/mol. The number of amides is 1. The summed E-state index contributed by atoms with van der Waals surface area (Å²) in [6, 6.07) is 9.25. The van der Waals surface area contributed by atoms with Crippen LogP contribution in [0.15, 0.2) is 24.3 Å². The van der Waals surface area contributed by atoms with Crippen molar-refractivity contribution in [3.8, 4) is 6.07 Å². The lowest BCUT2D eigenvalue weighted by molar-refractivity contribution is 0.0948. The lowest BCUT2D eigenvalue weighted by Gasteiger charge is -2.13. The molecule has 1 aliphatic carbocycles. The van der Waals surface area contributed by atoms with Gasteiger partial charge in [0.05, 0.1) is 29.4 Å². The molecule has 110 valence electrons. The molecule has 0 atom stereocenters. The van der Waals surface area contributed by atoms with E-state index in [-0.39, 0.29) is 11.5 Å². The number of benzene rings is 1. The Hall–Kier alpha value is -2.94. The topological polar surface area (TPSA) is 102 Å². The second-order valence-electron chi connectivity index (χ2n) is 5.28. The first-order chi connectivity index (χ1) is 10.6. The maximum atomic E-state index is 12.1. The Kier molecular flexibility index (Phi) is 3.47. The van der Waals surface area contributed by atoms with Gasteiger partial charge in [-0.2, -0.15) is 10.4 Å². The van der Waals surface area contributed by atoms with E-state index in [1.165, 1.54) is 0 Å². The number of nitrogens with two attached hydrogens (primary N) is 1. The molecule has 0 saturated carbocycles. The summed E-state index contributed by atoms with van der Waals surface area (Å²) in [5.74, 6) is -0.761. The van der Waals surface area contributed by atoms with Gasteiger partial charge in [-0.05, 0) is 30.5 Å². The standard InChI is InChI=1S/C16H14N4O2/c17-8-10-3-1-4-11(7-10)9-20-12-5-2-6-13(21)14(12)15(19-20)16(18)22/h1,3-4,7H,2,5-6,9H2,(H2,18,22). The molecule has 2 N–H and O–H groups in total. The van der Waals surface area contributed by atoms with Gasteiger partial charge in [0, 0.05) is 6.42 Å². The fourth-order valence-electron chi connectivity index (χ4n) is 2.80. The molecular weight excluding hydrogens is 280 g/mol. The Morgan fingerprint density at radius 1 is 1.41 bits per heavy atom. The van der Waals surface area contributed by atoms with Crippen molar-refractivity contribution in [3.05, 3.63) is 52.3 Å². The van der Waals surface area contributed by atoms with Crippen LogP contribution in [0, 0.1) is 11.3 Å². The van der Waals surface area contributed by atoms with Crippen LogP contribution in [-0.2, 0) is 13.0 Å². The first kappa shape index (κ1) is 14.0. The monoisotopic (exact) mass is 294 g/mol. The first-order valence-corrected chi connectivity index (χ1v) is 7.02. The number of Topliss-reactive ketones (excluding diaryl/α,β-unsaturated/α-hetero) is 1. The summed E-state index contributed by atoms with van der Waals surface area (Å²) in [4.78, 5) is 23.6. The fourth-order valence-corrected chi connectivity index (χ4v) is 2.80. The van der Waals surface area contributed by atoms with E-state index < -0.39 is 5.91 Å². The maximum Gasteiger partial charge on any atom is 0.269 e. The van der Waals surface area contributed by atoms with Gasteiger partial charge in [0.15, 0.2) is 11.5 Å². The molecule has 1 amide bonds. The van der Waals surface area contributed by atoms with Crippen LogP contribution in [0.5, 0.6) is 0 Å². The molecule has 1 aromatic heterocycles. The molecule has 0 spiro atoms. The Labute approximate surface area is 127 Å². The summed E-state index contributed by atoms with van der Waals surface area (Å²) in [6.07, 6.45) is 1.86. The van der Waals surface area contributed by atoms with Crippen LogP contribution in [0.1, 0.15) is 50.5 Å². The summed E-state index contributed by atoms with van der Waals surface area (Å²) in [5.41, 5.74) is 7.97. The minimum Gasteiger partial charge on any atom is -0.364 e. The van der Waals surface area contributed by atoms with Crippen molar-refractivity contribution >= 4 is 11.7 Å². The zero-order valence-corrected chi connectivity index (χ0v) is 11.9. The SMILES string of the molecule is N#Cc1cccc(Cn2nc(C(N)=O)c3c2CCCC3=O)c1. The number of primary amides is 1. The van der Waals surface area contributed by atoms with Crippen LogP contribution in [0.25, 0.3) is 0 Å². The normalized spacial score (nSPS) is 13.5. The third kappa shape index (κ3) is 2.37. The van der Waals surface area contributed by atoms with Gasteiger partial charge in [-0.15, -0.1) is 0 Å². The number of hydrogen-bond acceptors (Lipinski definition) is 4. The van der Waals surface area contributed by atoms with Gasteiger partial charge in [0.2, 0.25) is 0 Å². The van der Waals surface area contributed by atoms with Gasteiger partial charge in [-0.1, -0.05) is 12.1 Å². The van der Waals surface area contributed by atoms with Crippen molar-refractivity contribution in [2.75, 3.05) is 0 Å². The lowest BCUT2D eigenvalue weighted by Crippen LogP contribution is -2.18. The van der Waals surface area contributed by atoms with Gasteiger partial charge < -0.3 is 5.73 Å². The minimum absolute atomic E-state index is 0.0520. The number of fused-ring (bicyclic) bond motifs is 1. The summed E-state index contributed by atoms with van der Waals surface area (Å²) >= 11 is 0. The molecule has 1 aliphatic rings. The third-order valence-corrected chi connectivity index (χ3v) is 3.78. The molecule has 0 radical (unpaired) electrons. The molecule has 1 aromatic carbocycles. The number of hydrogen-bond donors (Lipinski definition) is 1. The van der Waals surface area contributed by atoms with Gasteiger partial charge in [0.25, 0.3) is 5.91 Å². The highest BCUT2D eigenvalue weighted by atomic mass is 16.1. The molecule has 3 rings (SSSR count). The van der Waals surface area contributed by atoms with Crippen molar-refractivity contribution in [2.24, 2.45) is 5.73 Å². The Morgan fingerprint density at radius 2 is 2.23 bits per heavy atom. The zero-order valence-electron chi connectivity index (χ0n) is 11.9. The molecule has 0 fully saturated rings. The first-order valence-electron chi connectivity index (χ1n) is 7.02. The molecular formula is C16H14N4O2. The van der Waals surface area contributed by atoms with Crippen molar-refractivity contribution in [3.63, 3.8) is 0 Å². The van der Waals surface area contributed by atoms with E-state index in [1.807, 2.05) is 6.07 Å². The van der Waals surface area contributed by atoms with E-state index in [4.69, 9.17) is 11.0 Å². The van der Waals surface area contributed by atoms with Crippen molar-refractivity contribution in [1.82, 2.24) is 9.78 Å². The Bertz CT molecular complexity index is 814. The number of aromatic nitrogens is 2. The smallest absolute Gasteiger partial charge is 0.269 e. The van der Waals surface area contributed by atoms with Gasteiger partial charge >= 0.3 is 0 Å². The Morgan fingerprint density at radius 3 is 2.95 bits per heavy atom. The zero-order chi connectivity index (χ0) is 15.7. The predicted octanol–water partition coefficient (Wildman–Crippen LogP) is 1.42. The van der Waals surface area contributed by atoms with E-state index in [9.17, 15) is 9.59 Å². The molecule has 22 heavy (non-hydrogen) atoms. The summed E-state index contributed by atoms with van der Waals surface area (Å²) in [5, 5.41) is 13.2. The number of nitrogens with zero attached hydrogens (tertiary/aromatic N) is 3.